The molecule has 2 heterocycles. The lowest BCUT2D eigenvalue weighted by Crippen LogP contribution is -2.32. The van der Waals surface area contributed by atoms with Crippen LogP contribution in [0.25, 0.3) is 0 Å². The maximum Gasteiger partial charge on any atom is 0.242 e. The molecule has 0 saturated carbocycles. The van der Waals surface area contributed by atoms with Gasteiger partial charge in [-0.25, -0.2) is 23.1 Å². The van der Waals surface area contributed by atoms with Gasteiger partial charge in [-0.05, 0) is 43.2 Å². The van der Waals surface area contributed by atoms with Gasteiger partial charge in [-0.2, -0.15) is 0 Å². The number of anilines is 2. The largest absolute Gasteiger partial charge is 0.366 e. The van der Waals surface area contributed by atoms with Crippen molar-refractivity contribution in [2.45, 2.75) is 44.2 Å². The van der Waals surface area contributed by atoms with E-state index >= 15 is 0 Å². The summed E-state index contributed by atoms with van der Waals surface area (Å²) < 4.78 is 27.3. The smallest absolute Gasteiger partial charge is 0.242 e. The molecule has 2 N–H and O–H groups in total. The molecule has 142 valence electrons. The highest BCUT2D eigenvalue weighted by Gasteiger charge is 2.17. The molecule has 0 radical (unpaired) electrons. The van der Waals surface area contributed by atoms with Crippen molar-refractivity contribution < 1.29 is 8.42 Å². The highest BCUT2D eigenvalue weighted by atomic mass is 32.2. The Bertz CT molecular complexity index is 807. The van der Waals surface area contributed by atoms with E-state index < -0.39 is 10.0 Å². The Morgan fingerprint density at radius 2 is 1.96 bits per heavy atom. The lowest BCUT2D eigenvalue weighted by atomic mass is 10.2. The van der Waals surface area contributed by atoms with E-state index in [2.05, 4.69) is 20.0 Å². The lowest BCUT2D eigenvalue weighted by molar-refractivity contribution is 0.543. The van der Waals surface area contributed by atoms with E-state index in [0.29, 0.717) is 12.4 Å². The first kappa shape index (κ1) is 20.1. The molecule has 0 aliphatic carbocycles. The second-order valence-corrected chi connectivity index (χ2v) is 8.17. The highest BCUT2D eigenvalue weighted by Crippen LogP contribution is 2.14. The van der Waals surface area contributed by atoms with Crippen LogP contribution in [0.1, 0.15) is 32.3 Å². The summed E-state index contributed by atoms with van der Waals surface area (Å²) >= 11 is 0. The number of nitrogens with zero attached hydrogens (tertiary/aromatic N) is 3. The number of nitrogens with one attached hydrogen (secondary N) is 2. The third kappa shape index (κ3) is 5.67. The number of rotatable bonds is 9. The van der Waals surface area contributed by atoms with Crippen molar-refractivity contribution in [3.8, 4) is 0 Å². The van der Waals surface area contributed by atoms with Crippen LogP contribution < -0.4 is 14.9 Å². The molecule has 1 unspecified atom stereocenters. The zero-order chi connectivity index (χ0) is 19.2. The molecule has 0 amide bonds. The fourth-order valence-electron chi connectivity index (χ4n) is 2.48. The first-order valence-electron chi connectivity index (χ1n) is 8.66. The van der Waals surface area contributed by atoms with Gasteiger partial charge < -0.3 is 10.2 Å². The number of pyridine rings is 2. The van der Waals surface area contributed by atoms with Crippen LogP contribution in [-0.2, 0) is 16.6 Å². The Hall–Kier alpha value is -2.19. The second-order valence-electron chi connectivity index (χ2n) is 6.46. The minimum Gasteiger partial charge on any atom is -0.366 e. The van der Waals surface area contributed by atoms with Gasteiger partial charge in [0, 0.05) is 39.1 Å². The lowest BCUT2D eigenvalue weighted by Gasteiger charge is -2.14. The third-order valence-electron chi connectivity index (χ3n) is 3.87. The number of hydrogen-bond acceptors (Lipinski definition) is 6. The molecule has 0 aliphatic rings. The van der Waals surface area contributed by atoms with E-state index in [9.17, 15) is 8.42 Å². The van der Waals surface area contributed by atoms with Crippen molar-refractivity contribution in [3.63, 3.8) is 0 Å². The Kier molecular flexibility index (Phi) is 6.93. The minimum atomic E-state index is -3.53. The quantitative estimate of drug-likeness (QED) is 0.698. The monoisotopic (exact) mass is 377 g/mol. The third-order valence-corrected chi connectivity index (χ3v) is 5.44. The first-order valence-corrected chi connectivity index (χ1v) is 10.1. The molecule has 26 heavy (non-hydrogen) atoms. The minimum absolute atomic E-state index is 0.0969. The van der Waals surface area contributed by atoms with Crippen molar-refractivity contribution >= 4 is 21.7 Å². The topological polar surface area (TPSA) is 87.2 Å². The maximum atomic E-state index is 12.3. The molecule has 0 spiro atoms. The first-order chi connectivity index (χ1) is 12.3. The molecule has 0 bridgehead atoms. The molecule has 2 rings (SSSR count). The van der Waals surface area contributed by atoms with Gasteiger partial charge in [-0.1, -0.05) is 13.3 Å². The molecule has 1 atom stereocenters. The molecule has 8 heteroatoms. The van der Waals surface area contributed by atoms with E-state index in [0.717, 1.165) is 24.2 Å². The molecule has 0 aromatic carbocycles. The Morgan fingerprint density at radius 3 is 2.58 bits per heavy atom. The average Bonchev–Trinajstić information content (AvgIpc) is 2.60. The molecular formula is C18H27N5O2S. The summed E-state index contributed by atoms with van der Waals surface area (Å²) in [6, 6.07) is 7.06. The van der Waals surface area contributed by atoms with Gasteiger partial charge in [0.25, 0.3) is 0 Å². The molecule has 0 saturated heterocycles. The predicted molar refractivity (Wildman–Crippen MR) is 105 cm³/mol. The molecule has 2 aromatic rings. The van der Waals surface area contributed by atoms with Crippen molar-refractivity contribution in [1.29, 1.82) is 0 Å². The number of aromatic nitrogens is 2. The van der Waals surface area contributed by atoms with E-state index in [-0.39, 0.29) is 10.9 Å². The van der Waals surface area contributed by atoms with E-state index in [1.165, 1.54) is 6.20 Å². The van der Waals surface area contributed by atoms with Crippen LogP contribution in [0.4, 0.5) is 11.6 Å². The normalized spacial score (nSPS) is 12.6. The standard InChI is InChI=1S/C18H27N5O2S/c1-5-6-14(2)22-26(24,25)16-7-8-17(21-13-16)20-12-15-9-10-19-18(11-15)23(3)4/h7-11,13-14,22H,5-6,12H2,1-4H3,(H,20,21). The molecule has 2 aromatic heterocycles. The van der Waals surface area contributed by atoms with E-state index in [1.807, 2.05) is 45.0 Å². The molecule has 0 aliphatic heterocycles. The van der Waals surface area contributed by atoms with Crippen LogP contribution >= 0.6 is 0 Å². The SMILES string of the molecule is CCCC(C)NS(=O)(=O)c1ccc(NCc2ccnc(N(C)C)c2)nc1. The summed E-state index contributed by atoms with van der Waals surface area (Å²) in [5, 5.41) is 3.19. The molecule has 7 nitrogen and oxygen atoms in total. The fourth-order valence-corrected chi connectivity index (χ4v) is 3.70. The summed E-state index contributed by atoms with van der Waals surface area (Å²) in [7, 11) is 0.346. The highest BCUT2D eigenvalue weighted by molar-refractivity contribution is 7.89. The summed E-state index contributed by atoms with van der Waals surface area (Å²) in [5.41, 5.74) is 1.07. The Morgan fingerprint density at radius 1 is 1.19 bits per heavy atom. The summed E-state index contributed by atoms with van der Waals surface area (Å²) in [6.07, 6.45) is 4.86. The van der Waals surface area contributed by atoms with Crippen LogP contribution in [0, 0.1) is 0 Å². The van der Waals surface area contributed by atoms with E-state index in [1.54, 1.807) is 18.3 Å². The van der Waals surface area contributed by atoms with Gasteiger partial charge in [0.2, 0.25) is 10.0 Å². The van der Waals surface area contributed by atoms with E-state index in [4.69, 9.17) is 0 Å². The van der Waals surface area contributed by atoms with Gasteiger partial charge in [-0.15, -0.1) is 0 Å². The molecular weight excluding hydrogens is 350 g/mol. The van der Waals surface area contributed by atoms with Crippen molar-refractivity contribution in [2.24, 2.45) is 0 Å². The second kappa shape index (κ2) is 8.95. The van der Waals surface area contributed by atoms with Crippen LogP contribution in [0.2, 0.25) is 0 Å². The fraction of sp³-hybridized carbons (Fsp3) is 0.444. The average molecular weight is 378 g/mol. The summed E-state index contributed by atoms with van der Waals surface area (Å²) in [6.45, 7) is 4.46. The van der Waals surface area contributed by atoms with Crippen LogP contribution in [-0.4, -0.2) is 38.5 Å². The molecule has 0 fully saturated rings. The summed E-state index contributed by atoms with van der Waals surface area (Å²) in [4.78, 5) is 10.6. The van der Waals surface area contributed by atoms with Crippen LogP contribution in [0.3, 0.4) is 0 Å². The van der Waals surface area contributed by atoms with Gasteiger partial charge >= 0.3 is 0 Å². The summed E-state index contributed by atoms with van der Waals surface area (Å²) in [5.74, 6) is 1.50. The Labute approximate surface area is 155 Å². The predicted octanol–water partition coefficient (Wildman–Crippen LogP) is 2.62. The zero-order valence-electron chi connectivity index (χ0n) is 15.7. The van der Waals surface area contributed by atoms with Crippen LogP contribution in [0.5, 0.6) is 0 Å². The number of hydrogen-bond donors (Lipinski definition) is 2. The van der Waals surface area contributed by atoms with Gasteiger partial charge in [-0.3, -0.25) is 0 Å². The van der Waals surface area contributed by atoms with Crippen molar-refractivity contribution in [1.82, 2.24) is 14.7 Å². The Balaban J connectivity index is 2.00. The van der Waals surface area contributed by atoms with Gasteiger partial charge in [0.1, 0.15) is 16.5 Å². The van der Waals surface area contributed by atoms with Gasteiger partial charge in [0.05, 0.1) is 0 Å². The maximum absolute atomic E-state index is 12.3. The van der Waals surface area contributed by atoms with Crippen molar-refractivity contribution in [2.75, 3.05) is 24.3 Å². The van der Waals surface area contributed by atoms with Crippen molar-refractivity contribution in [3.05, 3.63) is 42.2 Å². The number of sulfonamides is 1. The zero-order valence-corrected chi connectivity index (χ0v) is 16.5. The van der Waals surface area contributed by atoms with Crippen LogP contribution in [0.15, 0.2) is 41.6 Å². The van der Waals surface area contributed by atoms with Gasteiger partial charge in [0.15, 0.2) is 0 Å².